The summed E-state index contributed by atoms with van der Waals surface area (Å²) in [5, 5.41) is 18.5. The number of methoxy groups -OCH3 is 1. The number of non-ortho nitro benzene ring substituents is 1. The molecule has 11 nitrogen and oxygen atoms in total. The molecular weight excluding hydrogens is 616 g/mol. The maximum atomic E-state index is 12.6. The third kappa shape index (κ3) is 6.36. The highest BCUT2D eigenvalue weighted by molar-refractivity contribution is 7.80. The molecule has 0 spiro atoms. The van der Waals surface area contributed by atoms with Gasteiger partial charge in [0.25, 0.3) is 11.6 Å². The van der Waals surface area contributed by atoms with Crippen LogP contribution in [0.3, 0.4) is 0 Å². The fraction of sp³-hybridized carbons (Fsp3) is 0.171. The molecule has 1 aliphatic heterocycles. The molecule has 3 aromatic carbocycles. The summed E-state index contributed by atoms with van der Waals surface area (Å²) in [5.74, 6) is 0.843. The number of aromatic nitrogens is 2. The van der Waals surface area contributed by atoms with Crippen LogP contribution in [0, 0.1) is 24.0 Å². The molecule has 0 saturated carbocycles. The molecule has 12 heteroatoms. The van der Waals surface area contributed by atoms with Crippen LogP contribution in [-0.2, 0) is 4.79 Å². The second-order valence-corrected chi connectivity index (χ2v) is 11.4. The van der Waals surface area contributed by atoms with Gasteiger partial charge in [-0.2, -0.15) is 0 Å². The maximum absolute atomic E-state index is 12.6. The molecule has 47 heavy (non-hydrogen) atoms. The highest BCUT2D eigenvalue weighted by atomic mass is 32.1. The van der Waals surface area contributed by atoms with Crippen LogP contribution in [0.1, 0.15) is 34.7 Å². The minimum atomic E-state index is -0.418. The van der Waals surface area contributed by atoms with E-state index in [1.54, 1.807) is 31.5 Å². The largest absolute Gasteiger partial charge is 0.495 e. The summed E-state index contributed by atoms with van der Waals surface area (Å²) < 4.78 is 13.2. The third-order valence-corrected chi connectivity index (χ3v) is 8.36. The standard InChI is InChI=1S/C35H32N6O5S/c1-22-19-28(23(2)39(22)30-20-26(41(43)44)16-17-31(30)45-3)34-33(29-11-7-8-18-36-29)38-35(47)40(34)25-14-12-24(13-15-25)37-32(42)21-46-27-9-5-4-6-10-27/h4-20,33-34H,21H2,1-3H3,(H,37,42)(H,38,47)/t33-,34-/m1/s1. The monoisotopic (exact) mass is 648 g/mol. The Morgan fingerprint density at radius 1 is 1.02 bits per heavy atom. The number of amides is 1. The van der Waals surface area contributed by atoms with E-state index >= 15 is 0 Å². The number of thiocarbonyl (C=S) groups is 1. The highest BCUT2D eigenvalue weighted by Gasteiger charge is 2.42. The summed E-state index contributed by atoms with van der Waals surface area (Å²) in [5.41, 5.74) is 5.44. The summed E-state index contributed by atoms with van der Waals surface area (Å²) in [6.07, 6.45) is 1.75. The van der Waals surface area contributed by atoms with Crippen molar-refractivity contribution in [3.8, 4) is 17.2 Å². The zero-order valence-electron chi connectivity index (χ0n) is 25.9. The number of aryl methyl sites for hydroxylation is 1. The summed E-state index contributed by atoms with van der Waals surface area (Å²) in [6, 6.07) is 28.3. The summed E-state index contributed by atoms with van der Waals surface area (Å²) >= 11 is 5.92. The van der Waals surface area contributed by atoms with Crippen molar-refractivity contribution in [2.45, 2.75) is 25.9 Å². The SMILES string of the molecule is COc1ccc([N+](=O)[O-])cc1-n1c(C)cc([C@@H]2[C@@H](c3ccccn3)NC(=S)N2c2ccc(NC(=O)COc3ccccc3)cc2)c1C. The number of nitro benzene ring substituents is 1. The Bertz CT molecular complexity index is 1930. The number of benzene rings is 3. The molecule has 1 fully saturated rings. The first kappa shape index (κ1) is 31.2. The Kier molecular flexibility index (Phi) is 8.85. The zero-order chi connectivity index (χ0) is 33.1. The fourth-order valence-electron chi connectivity index (χ4n) is 5.94. The lowest BCUT2D eigenvalue weighted by Crippen LogP contribution is -2.29. The average molecular weight is 649 g/mol. The van der Waals surface area contributed by atoms with E-state index in [0.717, 1.165) is 28.3 Å². The Hall–Kier alpha value is -5.75. The normalized spacial score (nSPS) is 15.6. The van der Waals surface area contributed by atoms with E-state index in [1.807, 2.05) is 84.0 Å². The molecule has 1 aliphatic rings. The van der Waals surface area contributed by atoms with Crippen LogP contribution < -0.4 is 25.0 Å². The molecule has 6 rings (SSSR count). The van der Waals surface area contributed by atoms with Crippen LogP contribution in [-0.4, -0.2) is 39.2 Å². The van der Waals surface area contributed by atoms with Gasteiger partial charge in [-0.15, -0.1) is 0 Å². The highest BCUT2D eigenvalue weighted by Crippen LogP contribution is 2.44. The minimum Gasteiger partial charge on any atom is -0.495 e. The molecule has 2 N–H and O–H groups in total. The quantitative estimate of drug-likeness (QED) is 0.0979. The van der Waals surface area contributed by atoms with Crippen molar-refractivity contribution in [1.82, 2.24) is 14.9 Å². The van der Waals surface area contributed by atoms with E-state index in [9.17, 15) is 14.9 Å². The van der Waals surface area contributed by atoms with E-state index in [4.69, 9.17) is 21.7 Å². The van der Waals surface area contributed by atoms with E-state index in [-0.39, 0.29) is 30.3 Å². The van der Waals surface area contributed by atoms with Gasteiger partial charge < -0.3 is 29.6 Å². The molecule has 5 aromatic rings. The van der Waals surface area contributed by atoms with Crippen molar-refractivity contribution in [1.29, 1.82) is 0 Å². The molecule has 0 radical (unpaired) electrons. The summed E-state index contributed by atoms with van der Waals surface area (Å²) in [4.78, 5) is 30.5. The van der Waals surface area contributed by atoms with Gasteiger partial charge in [0, 0.05) is 41.1 Å². The summed E-state index contributed by atoms with van der Waals surface area (Å²) in [6.45, 7) is 3.81. The second-order valence-electron chi connectivity index (χ2n) is 11.0. The lowest BCUT2D eigenvalue weighted by atomic mass is 9.96. The third-order valence-electron chi connectivity index (χ3n) is 8.04. The van der Waals surface area contributed by atoms with Crippen LogP contribution in [0.5, 0.6) is 11.5 Å². The molecule has 0 unspecified atom stereocenters. The smallest absolute Gasteiger partial charge is 0.271 e. The molecule has 2 aromatic heterocycles. The van der Waals surface area contributed by atoms with Gasteiger partial charge in [-0.1, -0.05) is 24.3 Å². The number of nitrogens with zero attached hydrogens (tertiary/aromatic N) is 4. The van der Waals surface area contributed by atoms with Crippen LogP contribution in [0.15, 0.2) is 103 Å². The molecule has 2 atom stereocenters. The predicted molar refractivity (Wildman–Crippen MR) is 183 cm³/mol. The number of ether oxygens (including phenoxy) is 2. The van der Waals surface area contributed by atoms with Crippen molar-refractivity contribution < 1.29 is 19.2 Å². The average Bonchev–Trinajstić information content (AvgIpc) is 3.58. The van der Waals surface area contributed by atoms with E-state index < -0.39 is 4.92 Å². The number of pyridine rings is 1. The van der Waals surface area contributed by atoms with Crippen molar-refractivity contribution >= 4 is 40.3 Å². The van der Waals surface area contributed by atoms with Crippen LogP contribution in [0.25, 0.3) is 5.69 Å². The number of carbonyl (C=O) groups is 1. The molecule has 238 valence electrons. The Morgan fingerprint density at radius 2 is 1.77 bits per heavy atom. The van der Waals surface area contributed by atoms with Gasteiger partial charge in [0.05, 0.1) is 35.5 Å². The molecular formula is C35H32N6O5S. The molecule has 3 heterocycles. The molecule has 0 aliphatic carbocycles. The van der Waals surface area contributed by atoms with Crippen LogP contribution in [0.2, 0.25) is 0 Å². The molecule has 1 amide bonds. The van der Waals surface area contributed by atoms with Gasteiger partial charge in [-0.05, 0) is 92.3 Å². The number of nitrogens with one attached hydrogen (secondary N) is 2. The van der Waals surface area contributed by atoms with E-state index in [2.05, 4.69) is 21.7 Å². The Labute approximate surface area is 276 Å². The van der Waals surface area contributed by atoms with Gasteiger partial charge in [0.1, 0.15) is 11.5 Å². The number of hydrogen-bond donors (Lipinski definition) is 2. The van der Waals surface area contributed by atoms with Crippen molar-refractivity contribution in [2.24, 2.45) is 0 Å². The summed E-state index contributed by atoms with van der Waals surface area (Å²) in [7, 11) is 1.54. The second kappa shape index (κ2) is 13.3. The van der Waals surface area contributed by atoms with Gasteiger partial charge in [-0.3, -0.25) is 19.9 Å². The topological polar surface area (TPSA) is 124 Å². The first-order valence-electron chi connectivity index (χ1n) is 14.8. The van der Waals surface area contributed by atoms with Crippen molar-refractivity contribution in [2.75, 3.05) is 23.9 Å². The van der Waals surface area contributed by atoms with Crippen LogP contribution >= 0.6 is 12.2 Å². The number of carbonyl (C=O) groups excluding carboxylic acids is 1. The first-order chi connectivity index (χ1) is 22.7. The van der Waals surface area contributed by atoms with E-state index in [0.29, 0.717) is 28.0 Å². The lowest BCUT2D eigenvalue weighted by molar-refractivity contribution is -0.384. The van der Waals surface area contributed by atoms with Gasteiger partial charge >= 0.3 is 0 Å². The number of anilines is 2. The Morgan fingerprint density at radius 3 is 2.45 bits per heavy atom. The minimum absolute atomic E-state index is 0.0367. The van der Waals surface area contributed by atoms with E-state index in [1.165, 1.54) is 12.1 Å². The number of rotatable bonds is 10. The van der Waals surface area contributed by atoms with Crippen molar-refractivity contribution in [3.05, 3.63) is 136 Å². The number of para-hydroxylation sites is 1. The Balaban J connectivity index is 1.35. The van der Waals surface area contributed by atoms with Gasteiger partial charge in [0.15, 0.2) is 11.7 Å². The van der Waals surface area contributed by atoms with Crippen molar-refractivity contribution in [3.63, 3.8) is 0 Å². The number of hydrogen-bond acceptors (Lipinski definition) is 7. The maximum Gasteiger partial charge on any atom is 0.271 e. The van der Waals surface area contributed by atoms with Crippen LogP contribution in [0.4, 0.5) is 17.1 Å². The number of nitro groups is 1. The first-order valence-corrected chi connectivity index (χ1v) is 15.3. The zero-order valence-corrected chi connectivity index (χ0v) is 26.7. The molecule has 0 bridgehead atoms. The van der Waals surface area contributed by atoms with Gasteiger partial charge in [0.2, 0.25) is 0 Å². The van der Waals surface area contributed by atoms with Gasteiger partial charge in [-0.25, -0.2) is 0 Å². The molecule has 1 saturated heterocycles. The lowest BCUT2D eigenvalue weighted by Gasteiger charge is -2.28. The predicted octanol–water partition coefficient (Wildman–Crippen LogP) is 6.60. The fourth-order valence-corrected chi connectivity index (χ4v) is 6.29.